The summed E-state index contributed by atoms with van der Waals surface area (Å²) in [6.07, 6.45) is 4.05. The average molecular weight is 356 g/mol. The van der Waals surface area contributed by atoms with Crippen LogP contribution >= 0.6 is 0 Å². The third-order valence-electron chi connectivity index (χ3n) is 5.04. The molecule has 4 nitrogen and oxygen atoms in total. The Morgan fingerprint density at radius 3 is 2.52 bits per heavy atom. The highest BCUT2D eigenvalue weighted by Crippen LogP contribution is 2.30. The molecule has 1 aliphatic heterocycles. The molecular formula is C18H23F3N2O2. The van der Waals surface area contributed by atoms with E-state index < -0.39 is 11.7 Å². The summed E-state index contributed by atoms with van der Waals surface area (Å²) in [6, 6.07) is 2.17. The highest BCUT2D eigenvalue weighted by Gasteiger charge is 2.33. The fourth-order valence-electron chi connectivity index (χ4n) is 3.47. The standard InChI is InChI=1S/C18H23F3N2O2/c19-18(20,21)14-7-8-16(22-10-14)25-15-11-23(12-15)17(24)9-6-13-4-2-1-3-5-13/h7-8,10,13,15H,1-6,9,11-12H2. The Bertz CT molecular complexity index is 577. The Balaban J connectivity index is 1.38. The van der Waals surface area contributed by atoms with E-state index in [1.807, 2.05) is 0 Å². The number of amides is 1. The van der Waals surface area contributed by atoms with Gasteiger partial charge in [-0.05, 0) is 18.4 Å². The summed E-state index contributed by atoms with van der Waals surface area (Å²) in [5.41, 5.74) is -0.798. The van der Waals surface area contributed by atoms with Crippen molar-refractivity contribution in [3.8, 4) is 5.88 Å². The smallest absolute Gasteiger partial charge is 0.417 e. The van der Waals surface area contributed by atoms with Gasteiger partial charge < -0.3 is 9.64 Å². The number of hydrogen-bond donors (Lipinski definition) is 0. The number of carbonyl (C=O) groups is 1. The van der Waals surface area contributed by atoms with Gasteiger partial charge in [-0.25, -0.2) is 4.98 Å². The Morgan fingerprint density at radius 1 is 1.20 bits per heavy atom. The van der Waals surface area contributed by atoms with Gasteiger partial charge in [-0.1, -0.05) is 32.1 Å². The first-order valence-electron chi connectivity index (χ1n) is 8.89. The molecule has 3 rings (SSSR count). The van der Waals surface area contributed by atoms with E-state index >= 15 is 0 Å². The normalized spacial score (nSPS) is 19.6. The number of nitrogens with zero attached hydrogens (tertiary/aromatic N) is 2. The Hall–Kier alpha value is -1.79. The predicted molar refractivity (Wildman–Crippen MR) is 86.0 cm³/mol. The molecule has 1 aromatic rings. The van der Waals surface area contributed by atoms with Gasteiger partial charge in [-0.15, -0.1) is 0 Å². The minimum atomic E-state index is -4.40. The van der Waals surface area contributed by atoms with Crippen LogP contribution in [0.2, 0.25) is 0 Å². The maximum Gasteiger partial charge on any atom is 0.417 e. The molecule has 7 heteroatoms. The van der Waals surface area contributed by atoms with Crippen molar-refractivity contribution in [1.29, 1.82) is 0 Å². The van der Waals surface area contributed by atoms with E-state index in [1.165, 1.54) is 38.2 Å². The van der Waals surface area contributed by atoms with Gasteiger partial charge in [-0.2, -0.15) is 13.2 Å². The molecule has 25 heavy (non-hydrogen) atoms. The summed E-state index contributed by atoms with van der Waals surface area (Å²) < 4.78 is 43.0. The number of pyridine rings is 1. The van der Waals surface area contributed by atoms with Crippen LogP contribution in [0, 0.1) is 5.92 Å². The first-order valence-corrected chi connectivity index (χ1v) is 8.89. The number of ether oxygens (including phenoxy) is 1. The van der Waals surface area contributed by atoms with E-state index in [0.717, 1.165) is 18.7 Å². The second-order valence-corrected chi connectivity index (χ2v) is 6.96. The molecule has 0 radical (unpaired) electrons. The van der Waals surface area contributed by atoms with Crippen molar-refractivity contribution in [3.05, 3.63) is 23.9 Å². The van der Waals surface area contributed by atoms with Crippen molar-refractivity contribution in [2.24, 2.45) is 5.92 Å². The molecule has 1 amide bonds. The first kappa shape index (κ1) is 18.0. The maximum absolute atomic E-state index is 12.5. The highest BCUT2D eigenvalue weighted by molar-refractivity contribution is 5.77. The monoisotopic (exact) mass is 356 g/mol. The number of hydrogen-bond acceptors (Lipinski definition) is 3. The second kappa shape index (κ2) is 7.62. The van der Waals surface area contributed by atoms with Gasteiger partial charge >= 0.3 is 6.18 Å². The van der Waals surface area contributed by atoms with Crippen molar-refractivity contribution < 1.29 is 22.7 Å². The lowest BCUT2D eigenvalue weighted by Crippen LogP contribution is -2.56. The van der Waals surface area contributed by atoms with Crippen LogP contribution in [-0.2, 0) is 11.0 Å². The Labute approximate surface area is 145 Å². The molecular weight excluding hydrogens is 333 g/mol. The third kappa shape index (κ3) is 4.86. The van der Waals surface area contributed by atoms with Crippen LogP contribution in [0.3, 0.4) is 0 Å². The predicted octanol–water partition coefficient (Wildman–Crippen LogP) is 4.05. The molecule has 0 N–H and O–H groups in total. The summed E-state index contributed by atoms with van der Waals surface area (Å²) in [7, 11) is 0. The quantitative estimate of drug-likeness (QED) is 0.799. The van der Waals surface area contributed by atoms with Crippen molar-refractivity contribution in [3.63, 3.8) is 0 Å². The highest BCUT2D eigenvalue weighted by atomic mass is 19.4. The minimum Gasteiger partial charge on any atom is -0.471 e. The summed E-state index contributed by atoms with van der Waals surface area (Å²) in [6.45, 7) is 0.957. The summed E-state index contributed by atoms with van der Waals surface area (Å²) in [5, 5.41) is 0. The van der Waals surface area contributed by atoms with E-state index in [1.54, 1.807) is 4.90 Å². The number of likely N-dealkylation sites (tertiary alicyclic amines) is 1. The van der Waals surface area contributed by atoms with Crippen LogP contribution in [0.5, 0.6) is 5.88 Å². The molecule has 1 aromatic heterocycles. The van der Waals surface area contributed by atoms with Gasteiger partial charge in [0.05, 0.1) is 18.7 Å². The summed E-state index contributed by atoms with van der Waals surface area (Å²) in [4.78, 5) is 17.6. The van der Waals surface area contributed by atoms with Crippen LogP contribution in [0.4, 0.5) is 13.2 Å². The number of rotatable bonds is 5. The van der Waals surface area contributed by atoms with Crippen LogP contribution in [0.25, 0.3) is 0 Å². The van der Waals surface area contributed by atoms with Crippen molar-refractivity contribution in [1.82, 2.24) is 9.88 Å². The molecule has 0 atom stereocenters. The lowest BCUT2D eigenvalue weighted by Gasteiger charge is -2.39. The van der Waals surface area contributed by atoms with Crippen LogP contribution in [0.1, 0.15) is 50.5 Å². The van der Waals surface area contributed by atoms with E-state index in [-0.39, 0.29) is 17.9 Å². The zero-order chi connectivity index (χ0) is 17.9. The SMILES string of the molecule is O=C(CCC1CCCCC1)N1CC(Oc2ccc(C(F)(F)F)cn2)C1. The number of halogens is 3. The van der Waals surface area contributed by atoms with Crippen LogP contribution in [0.15, 0.2) is 18.3 Å². The zero-order valence-electron chi connectivity index (χ0n) is 14.1. The van der Waals surface area contributed by atoms with Gasteiger partial charge in [0.1, 0.15) is 6.10 Å². The first-order chi connectivity index (χ1) is 11.9. The van der Waals surface area contributed by atoms with E-state index in [4.69, 9.17) is 4.74 Å². The average Bonchev–Trinajstić information content (AvgIpc) is 2.56. The molecule has 0 bridgehead atoms. The summed E-state index contributed by atoms with van der Waals surface area (Å²) >= 11 is 0. The Kier molecular flexibility index (Phi) is 5.49. The molecule has 0 aromatic carbocycles. The molecule has 138 valence electrons. The van der Waals surface area contributed by atoms with Crippen molar-refractivity contribution >= 4 is 5.91 Å². The number of aromatic nitrogens is 1. The van der Waals surface area contributed by atoms with E-state index in [9.17, 15) is 18.0 Å². The molecule has 2 aliphatic rings. The Morgan fingerprint density at radius 2 is 1.92 bits per heavy atom. The largest absolute Gasteiger partial charge is 0.471 e. The van der Waals surface area contributed by atoms with Crippen LogP contribution < -0.4 is 4.74 Å². The van der Waals surface area contributed by atoms with Crippen LogP contribution in [-0.4, -0.2) is 35.0 Å². The van der Waals surface area contributed by atoms with Crippen molar-refractivity contribution in [2.75, 3.05) is 13.1 Å². The lowest BCUT2D eigenvalue weighted by atomic mass is 9.86. The van der Waals surface area contributed by atoms with E-state index in [2.05, 4.69) is 4.98 Å². The minimum absolute atomic E-state index is 0.144. The third-order valence-corrected chi connectivity index (χ3v) is 5.04. The fraction of sp³-hybridized carbons (Fsp3) is 0.667. The topological polar surface area (TPSA) is 42.4 Å². The molecule has 2 fully saturated rings. The molecule has 1 aliphatic carbocycles. The van der Waals surface area contributed by atoms with Gasteiger partial charge in [0, 0.05) is 18.7 Å². The fourth-order valence-corrected chi connectivity index (χ4v) is 3.47. The number of alkyl halides is 3. The maximum atomic E-state index is 12.5. The van der Waals surface area contributed by atoms with Crippen molar-refractivity contribution in [2.45, 2.75) is 57.2 Å². The molecule has 0 spiro atoms. The van der Waals surface area contributed by atoms with Gasteiger partial charge in [0.15, 0.2) is 0 Å². The molecule has 2 heterocycles. The van der Waals surface area contributed by atoms with E-state index in [0.29, 0.717) is 25.4 Å². The molecule has 1 saturated heterocycles. The number of carbonyl (C=O) groups excluding carboxylic acids is 1. The van der Waals surface area contributed by atoms with Gasteiger partial charge in [0.25, 0.3) is 0 Å². The zero-order valence-corrected chi connectivity index (χ0v) is 14.1. The van der Waals surface area contributed by atoms with Gasteiger partial charge in [-0.3, -0.25) is 4.79 Å². The molecule has 1 saturated carbocycles. The molecule has 0 unspecified atom stereocenters. The summed E-state index contributed by atoms with van der Waals surface area (Å²) in [5.74, 6) is 0.987. The van der Waals surface area contributed by atoms with Gasteiger partial charge in [0.2, 0.25) is 11.8 Å². The lowest BCUT2D eigenvalue weighted by molar-refractivity contribution is -0.141. The second-order valence-electron chi connectivity index (χ2n) is 6.96.